The fraction of sp³-hybridized carbons (Fsp3) is 0.909. The van der Waals surface area contributed by atoms with Gasteiger partial charge in [0.05, 0.1) is 12.6 Å². The largest absolute Gasteiger partial charge is 0.381 e. The van der Waals surface area contributed by atoms with Gasteiger partial charge in [-0.3, -0.25) is 4.79 Å². The van der Waals surface area contributed by atoms with Crippen LogP contribution in [0.25, 0.3) is 0 Å². The molecular weight excluding hydrogens is 192 g/mol. The summed E-state index contributed by atoms with van der Waals surface area (Å²) in [6.07, 6.45) is 3.21. The summed E-state index contributed by atoms with van der Waals surface area (Å²) in [4.78, 5) is 13.8. The van der Waals surface area contributed by atoms with E-state index >= 15 is 0 Å². The van der Waals surface area contributed by atoms with Crippen LogP contribution in [0.1, 0.15) is 19.3 Å². The maximum Gasteiger partial charge on any atom is 0.239 e. The van der Waals surface area contributed by atoms with Crippen LogP contribution in [0.5, 0.6) is 0 Å². The standard InChI is InChI=1S/C11H20N2O2/c1-13(7-9-4-6-15-8-9)11(14)10-3-2-5-12-10/h9-10,12H,2-8H2,1H3. The Hall–Kier alpha value is -0.610. The number of nitrogens with zero attached hydrogens (tertiary/aromatic N) is 1. The fourth-order valence-electron chi connectivity index (χ4n) is 2.37. The molecule has 2 heterocycles. The number of carbonyl (C=O) groups is 1. The third kappa shape index (κ3) is 2.69. The molecule has 2 aliphatic rings. The second-order valence-electron chi connectivity index (χ2n) is 4.60. The minimum atomic E-state index is 0.0670. The Bertz CT molecular complexity index is 221. The van der Waals surface area contributed by atoms with Gasteiger partial charge in [-0.25, -0.2) is 0 Å². The molecule has 2 unspecified atom stereocenters. The summed E-state index contributed by atoms with van der Waals surface area (Å²) in [7, 11) is 1.90. The lowest BCUT2D eigenvalue weighted by Crippen LogP contribution is -2.43. The molecule has 1 amide bonds. The summed E-state index contributed by atoms with van der Waals surface area (Å²) in [5.74, 6) is 0.791. The van der Waals surface area contributed by atoms with Crippen LogP contribution in [0, 0.1) is 5.92 Å². The average Bonchev–Trinajstić information content (AvgIpc) is 2.88. The number of carbonyl (C=O) groups excluding carboxylic acids is 1. The summed E-state index contributed by atoms with van der Waals surface area (Å²) < 4.78 is 5.31. The minimum Gasteiger partial charge on any atom is -0.381 e. The van der Waals surface area contributed by atoms with Crippen molar-refractivity contribution in [1.82, 2.24) is 10.2 Å². The molecule has 0 aromatic rings. The van der Waals surface area contributed by atoms with Gasteiger partial charge < -0.3 is 15.0 Å². The second kappa shape index (κ2) is 4.94. The molecule has 0 aromatic heterocycles. The van der Waals surface area contributed by atoms with Crippen LogP contribution in [0.4, 0.5) is 0 Å². The van der Waals surface area contributed by atoms with E-state index in [0.717, 1.165) is 45.6 Å². The van der Waals surface area contributed by atoms with Crippen LogP contribution in [-0.4, -0.2) is 50.2 Å². The van der Waals surface area contributed by atoms with E-state index in [1.54, 1.807) is 0 Å². The molecule has 1 N–H and O–H groups in total. The van der Waals surface area contributed by atoms with Crippen molar-refractivity contribution < 1.29 is 9.53 Å². The van der Waals surface area contributed by atoms with Crippen molar-refractivity contribution in [2.75, 3.05) is 33.4 Å². The Kier molecular flexibility index (Phi) is 3.59. The van der Waals surface area contributed by atoms with E-state index < -0.39 is 0 Å². The molecule has 2 aliphatic heterocycles. The van der Waals surface area contributed by atoms with E-state index in [-0.39, 0.29) is 11.9 Å². The average molecular weight is 212 g/mol. The molecular formula is C11H20N2O2. The number of ether oxygens (including phenoxy) is 1. The number of amides is 1. The first kappa shape index (κ1) is 10.9. The molecule has 4 nitrogen and oxygen atoms in total. The van der Waals surface area contributed by atoms with Crippen molar-refractivity contribution in [2.45, 2.75) is 25.3 Å². The van der Waals surface area contributed by atoms with Crippen molar-refractivity contribution in [1.29, 1.82) is 0 Å². The number of hydrogen-bond donors (Lipinski definition) is 1. The molecule has 4 heteroatoms. The SMILES string of the molecule is CN(CC1CCOC1)C(=O)C1CCCN1. The van der Waals surface area contributed by atoms with Crippen LogP contribution in [0.2, 0.25) is 0 Å². The van der Waals surface area contributed by atoms with Crippen LogP contribution in [0.3, 0.4) is 0 Å². The van der Waals surface area contributed by atoms with Gasteiger partial charge >= 0.3 is 0 Å². The van der Waals surface area contributed by atoms with E-state index in [1.165, 1.54) is 0 Å². The molecule has 0 radical (unpaired) electrons. The van der Waals surface area contributed by atoms with Gasteiger partial charge in [-0.2, -0.15) is 0 Å². The topological polar surface area (TPSA) is 41.6 Å². The fourth-order valence-corrected chi connectivity index (χ4v) is 2.37. The van der Waals surface area contributed by atoms with Crippen molar-refractivity contribution in [3.8, 4) is 0 Å². The zero-order valence-electron chi connectivity index (χ0n) is 9.37. The molecule has 2 rings (SSSR count). The van der Waals surface area contributed by atoms with E-state index in [1.807, 2.05) is 11.9 Å². The second-order valence-corrected chi connectivity index (χ2v) is 4.60. The summed E-state index contributed by atoms with van der Waals surface area (Å²) in [6, 6.07) is 0.0670. The van der Waals surface area contributed by atoms with Gasteiger partial charge in [-0.15, -0.1) is 0 Å². The molecule has 0 aromatic carbocycles. The van der Waals surface area contributed by atoms with Crippen molar-refractivity contribution in [3.63, 3.8) is 0 Å². The van der Waals surface area contributed by atoms with Gasteiger partial charge in [0.1, 0.15) is 0 Å². The Balaban J connectivity index is 1.78. The first-order chi connectivity index (χ1) is 7.27. The van der Waals surface area contributed by atoms with Gasteiger partial charge in [0.25, 0.3) is 0 Å². The molecule has 0 saturated carbocycles. The summed E-state index contributed by atoms with van der Waals surface area (Å²) >= 11 is 0. The molecule has 0 aliphatic carbocycles. The third-order valence-electron chi connectivity index (χ3n) is 3.29. The summed E-state index contributed by atoms with van der Waals surface area (Å²) in [6.45, 7) is 3.50. The van der Waals surface area contributed by atoms with Gasteiger partial charge in [-0.1, -0.05) is 0 Å². The summed E-state index contributed by atoms with van der Waals surface area (Å²) in [5.41, 5.74) is 0. The van der Waals surface area contributed by atoms with E-state index in [9.17, 15) is 4.79 Å². The van der Waals surface area contributed by atoms with Crippen molar-refractivity contribution in [2.24, 2.45) is 5.92 Å². The normalized spacial score (nSPS) is 30.7. The highest BCUT2D eigenvalue weighted by Gasteiger charge is 2.27. The number of hydrogen-bond acceptors (Lipinski definition) is 3. The van der Waals surface area contributed by atoms with Crippen LogP contribution >= 0.6 is 0 Å². The predicted molar refractivity (Wildman–Crippen MR) is 57.6 cm³/mol. The smallest absolute Gasteiger partial charge is 0.239 e. The highest BCUT2D eigenvalue weighted by molar-refractivity contribution is 5.81. The lowest BCUT2D eigenvalue weighted by Gasteiger charge is -2.23. The van der Waals surface area contributed by atoms with Crippen molar-refractivity contribution in [3.05, 3.63) is 0 Å². The third-order valence-corrected chi connectivity index (χ3v) is 3.29. The maximum atomic E-state index is 12.0. The van der Waals surface area contributed by atoms with Gasteiger partial charge in [0.15, 0.2) is 0 Å². The van der Waals surface area contributed by atoms with Gasteiger partial charge in [0, 0.05) is 26.1 Å². The van der Waals surface area contributed by atoms with Crippen LogP contribution in [0.15, 0.2) is 0 Å². The number of nitrogens with one attached hydrogen (secondary N) is 1. The van der Waals surface area contributed by atoms with Gasteiger partial charge in [-0.05, 0) is 25.8 Å². The lowest BCUT2D eigenvalue weighted by atomic mass is 10.1. The quantitative estimate of drug-likeness (QED) is 0.728. The van der Waals surface area contributed by atoms with E-state index in [4.69, 9.17) is 4.74 Å². The molecule has 86 valence electrons. The first-order valence-electron chi connectivity index (χ1n) is 5.83. The molecule has 2 saturated heterocycles. The van der Waals surface area contributed by atoms with Crippen LogP contribution < -0.4 is 5.32 Å². The molecule has 2 atom stereocenters. The molecule has 15 heavy (non-hydrogen) atoms. The maximum absolute atomic E-state index is 12.0. The number of likely N-dealkylation sites (N-methyl/N-ethyl adjacent to an activating group) is 1. The summed E-state index contributed by atoms with van der Waals surface area (Å²) in [5, 5.41) is 3.24. The van der Waals surface area contributed by atoms with E-state index in [2.05, 4.69) is 5.32 Å². The molecule has 2 fully saturated rings. The minimum absolute atomic E-state index is 0.0670. The van der Waals surface area contributed by atoms with Crippen molar-refractivity contribution >= 4 is 5.91 Å². The first-order valence-corrected chi connectivity index (χ1v) is 5.83. The van der Waals surface area contributed by atoms with E-state index in [0.29, 0.717) is 5.92 Å². The molecule has 0 spiro atoms. The lowest BCUT2D eigenvalue weighted by molar-refractivity contribution is -0.132. The highest BCUT2D eigenvalue weighted by Crippen LogP contribution is 2.15. The van der Waals surface area contributed by atoms with Crippen LogP contribution in [-0.2, 0) is 9.53 Å². The Morgan fingerprint density at radius 3 is 3.00 bits per heavy atom. The Labute approximate surface area is 91.0 Å². The monoisotopic (exact) mass is 212 g/mol. The molecule has 0 bridgehead atoms. The zero-order valence-corrected chi connectivity index (χ0v) is 9.37. The van der Waals surface area contributed by atoms with Gasteiger partial charge in [0.2, 0.25) is 5.91 Å². The Morgan fingerprint density at radius 2 is 2.40 bits per heavy atom. The zero-order chi connectivity index (χ0) is 10.7. The highest BCUT2D eigenvalue weighted by atomic mass is 16.5. The predicted octanol–water partition coefficient (Wildman–Crippen LogP) is 0.233. The Morgan fingerprint density at radius 1 is 1.53 bits per heavy atom. The number of rotatable bonds is 3.